The molecule has 2 aromatic heterocycles. The molecule has 1 aliphatic heterocycles. The van der Waals surface area contributed by atoms with Crippen LogP contribution in [0.1, 0.15) is 24.8 Å². The van der Waals surface area contributed by atoms with E-state index >= 15 is 0 Å². The zero-order valence-corrected chi connectivity index (χ0v) is 17.7. The van der Waals surface area contributed by atoms with Crippen LogP contribution in [0.4, 0.5) is 24.8 Å². The summed E-state index contributed by atoms with van der Waals surface area (Å²) >= 11 is 0. The number of hydrogen-bond donors (Lipinski definition) is 2. The second-order valence-electron chi connectivity index (χ2n) is 8.04. The number of halogens is 3. The fourth-order valence-corrected chi connectivity index (χ4v) is 3.77. The molecule has 3 rings (SSSR count). The Morgan fingerprint density at radius 1 is 1.29 bits per heavy atom. The molecule has 0 aromatic carbocycles. The predicted molar refractivity (Wildman–Crippen MR) is 113 cm³/mol. The summed E-state index contributed by atoms with van der Waals surface area (Å²) in [4.78, 5) is 34.1. The molecule has 0 radical (unpaired) electrons. The van der Waals surface area contributed by atoms with Gasteiger partial charge >= 0.3 is 6.18 Å². The molecule has 31 heavy (non-hydrogen) atoms. The Bertz CT molecular complexity index is 1000. The van der Waals surface area contributed by atoms with Crippen molar-refractivity contribution in [1.82, 2.24) is 14.9 Å². The number of rotatable bonds is 5. The third-order valence-corrected chi connectivity index (χ3v) is 5.16. The lowest BCUT2D eigenvalue weighted by atomic mass is 10.00. The Labute approximate surface area is 178 Å². The quantitative estimate of drug-likeness (QED) is 0.751. The molecule has 2 N–H and O–H groups in total. The zero-order chi connectivity index (χ0) is 22.8. The van der Waals surface area contributed by atoms with Gasteiger partial charge in [0.2, 0.25) is 11.5 Å². The summed E-state index contributed by atoms with van der Waals surface area (Å²) in [6, 6.07) is 2.88. The van der Waals surface area contributed by atoms with Crippen molar-refractivity contribution in [2.24, 2.45) is 0 Å². The Balaban J connectivity index is 1.97. The number of aryl methyl sites for hydroxylation is 1. The van der Waals surface area contributed by atoms with E-state index in [0.29, 0.717) is 29.8 Å². The molecule has 0 saturated carbocycles. The number of amides is 1. The smallest absolute Gasteiger partial charge is 0.346 e. The number of aromatic nitrogens is 2. The first kappa shape index (κ1) is 22.8. The van der Waals surface area contributed by atoms with E-state index in [9.17, 15) is 22.8 Å². The van der Waals surface area contributed by atoms with Crippen LogP contribution in [-0.2, 0) is 4.79 Å². The number of alkyl halides is 3. The van der Waals surface area contributed by atoms with Crippen molar-refractivity contribution in [3.8, 4) is 11.1 Å². The molecule has 1 amide bonds. The van der Waals surface area contributed by atoms with Gasteiger partial charge in [-0.05, 0) is 69.1 Å². The summed E-state index contributed by atoms with van der Waals surface area (Å²) in [7, 11) is 3.53. The summed E-state index contributed by atoms with van der Waals surface area (Å²) in [6.07, 6.45) is -1.73. The second-order valence-corrected chi connectivity index (χ2v) is 8.04. The van der Waals surface area contributed by atoms with Crippen LogP contribution in [0.15, 0.2) is 29.2 Å². The van der Waals surface area contributed by atoms with Gasteiger partial charge < -0.3 is 20.1 Å². The molecule has 1 unspecified atom stereocenters. The Hall–Kier alpha value is -2.88. The molecule has 0 bridgehead atoms. The van der Waals surface area contributed by atoms with Crippen LogP contribution in [0.25, 0.3) is 11.1 Å². The molecule has 1 fully saturated rings. The number of piperidine rings is 1. The maximum atomic E-state index is 13.5. The van der Waals surface area contributed by atoms with E-state index < -0.39 is 17.8 Å². The lowest BCUT2D eigenvalue weighted by Crippen LogP contribution is -2.49. The fourth-order valence-electron chi connectivity index (χ4n) is 3.77. The first-order valence-electron chi connectivity index (χ1n) is 10.0. The van der Waals surface area contributed by atoms with Crippen molar-refractivity contribution in [3.63, 3.8) is 0 Å². The first-order chi connectivity index (χ1) is 14.5. The van der Waals surface area contributed by atoms with Crippen LogP contribution in [0.2, 0.25) is 0 Å². The van der Waals surface area contributed by atoms with Crippen LogP contribution in [0, 0.1) is 6.92 Å². The average Bonchev–Trinajstić information content (AvgIpc) is 2.67. The SMILES string of the molecule is Cc1cnc(NC(=O)CN(C)C)cc1-c1cc(N2CCCCC2C(F)(F)F)[nH]c(=O)c1. The highest BCUT2D eigenvalue weighted by Gasteiger charge is 2.45. The van der Waals surface area contributed by atoms with Gasteiger partial charge in [-0.3, -0.25) is 9.59 Å². The maximum Gasteiger partial charge on any atom is 0.408 e. The standard InChI is InChI=1S/C21H26F3N5O2/c1-13-11-25-17(26-20(31)12-28(2)3)10-15(13)14-8-18(27-19(30)9-14)29-7-5-4-6-16(29)21(22,23)24/h8-11,16H,4-7,12H2,1-3H3,(H,27,30)(H,25,26,31). The lowest BCUT2D eigenvalue weighted by molar-refractivity contribution is -0.152. The van der Waals surface area contributed by atoms with Gasteiger partial charge in [-0.1, -0.05) is 0 Å². The summed E-state index contributed by atoms with van der Waals surface area (Å²) in [6.45, 7) is 2.17. The predicted octanol–water partition coefficient (Wildman–Crippen LogP) is 3.17. The summed E-state index contributed by atoms with van der Waals surface area (Å²) in [5.74, 6) is 0.194. The van der Waals surface area contributed by atoms with Crippen molar-refractivity contribution in [2.75, 3.05) is 37.4 Å². The summed E-state index contributed by atoms with van der Waals surface area (Å²) in [5.41, 5.74) is 1.32. The van der Waals surface area contributed by atoms with Gasteiger partial charge in [-0.25, -0.2) is 4.98 Å². The van der Waals surface area contributed by atoms with Crippen LogP contribution < -0.4 is 15.8 Å². The van der Waals surface area contributed by atoms with E-state index in [1.54, 1.807) is 44.2 Å². The average molecular weight is 437 g/mol. The minimum absolute atomic E-state index is 0.00784. The molecule has 10 heteroatoms. The zero-order valence-electron chi connectivity index (χ0n) is 17.7. The van der Waals surface area contributed by atoms with Crippen LogP contribution in [-0.4, -0.2) is 60.2 Å². The van der Waals surface area contributed by atoms with Gasteiger partial charge in [0, 0.05) is 18.8 Å². The molecule has 168 valence electrons. The van der Waals surface area contributed by atoms with Crippen LogP contribution >= 0.6 is 0 Å². The topological polar surface area (TPSA) is 81.3 Å². The van der Waals surface area contributed by atoms with Gasteiger partial charge in [0.1, 0.15) is 17.7 Å². The highest BCUT2D eigenvalue weighted by atomic mass is 19.4. The minimum atomic E-state index is -4.39. The Morgan fingerprint density at radius 2 is 2.03 bits per heavy atom. The number of H-pyrrole nitrogens is 1. The molecule has 0 aliphatic carbocycles. The van der Waals surface area contributed by atoms with Crippen molar-refractivity contribution in [2.45, 2.75) is 38.4 Å². The maximum absolute atomic E-state index is 13.5. The fraction of sp³-hybridized carbons (Fsp3) is 0.476. The molecule has 2 aromatic rings. The third-order valence-electron chi connectivity index (χ3n) is 5.16. The summed E-state index contributed by atoms with van der Waals surface area (Å²) < 4.78 is 40.6. The van der Waals surface area contributed by atoms with E-state index in [1.165, 1.54) is 11.0 Å². The van der Waals surface area contributed by atoms with Gasteiger partial charge in [0.15, 0.2) is 0 Å². The second kappa shape index (κ2) is 9.09. The van der Waals surface area contributed by atoms with Gasteiger partial charge in [-0.15, -0.1) is 0 Å². The number of carbonyl (C=O) groups is 1. The monoisotopic (exact) mass is 437 g/mol. The van der Waals surface area contributed by atoms with Gasteiger partial charge in [0.25, 0.3) is 0 Å². The van der Waals surface area contributed by atoms with Crippen molar-refractivity contribution < 1.29 is 18.0 Å². The molecule has 7 nitrogen and oxygen atoms in total. The van der Waals surface area contributed by atoms with E-state index in [0.717, 1.165) is 5.56 Å². The molecular formula is C21H26F3N5O2. The van der Waals surface area contributed by atoms with Gasteiger partial charge in [0.05, 0.1) is 6.54 Å². The molecule has 1 atom stereocenters. The summed E-state index contributed by atoms with van der Waals surface area (Å²) in [5, 5.41) is 2.69. The number of aromatic amines is 1. The highest BCUT2D eigenvalue weighted by molar-refractivity contribution is 5.92. The number of hydrogen-bond acceptors (Lipinski definition) is 5. The number of carbonyl (C=O) groups excluding carboxylic acids is 1. The molecular weight excluding hydrogens is 411 g/mol. The Morgan fingerprint density at radius 3 is 2.71 bits per heavy atom. The number of nitrogens with zero attached hydrogens (tertiary/aromatic N) is 3. The third kappa shape index (κ3) is 5.63. The van der Waals surface area contributed by atoms with E-state index in [-0.39, 0.29) is 31.2 Å². The Kier molecular flexibility index (Phi) is 6.68. The molecule has 1 saturated heterocycles. The van der Waals surface area contributed by atoms with Crippen molar-refractivity contribution >= 4 is 17.5 Å². The lowest BCUT2D eigenvalue weighted by Gasteiger charge is -2.38. The van der Waals surface area contributed by atoms with Crippen LogP contribution in [0.5, 0.6) is 0 Å². The van der Waals surface area contributed by atoms with Crippen molar-refractivity contribution in [3.05, 3.63) is 40.3 Å². The number of likely N-dealkylation sites (N-methyl/N-ethyl adjacent to an activating group) is 1. The number of anilines is 2. The van der Waals surface area contributed by atoms with Crippen molar-refractivity contribution in [1.29, 1.82) is 0 Å². The van der Waals surface area contributed by atoms with E-state index in [2.05, 4.69) is 15.3 Å². The van der Waals surface area contributed by atoms with E-state index in [1.807, 2.05) is 0 Å². The van der Waals surface area contributed by atoms with Crippen LogP contribution in [0.3, 0.4) is 0 Å². The van der Waals surface area contributed by atoms with Gasteiger partial charge in [-0.2, -0.15) is 13.2 Å². The minimum Gasteiger partial charge on any atom is -0.346 e. The number of pyridine rings is 2. The first-order valence-corrected chi connectivity index (χ1v) is 10.0. The number of nitrogens with one attached hydrogen (secondary N) is 2. The molecule has 1 aliphatic rings. The van der Waals surface area contributed by atoms with E-state index in [4.69, 9.17) is 0 Å². The molecule has 3 heterocycles. The molecule has 0 spiro atoms. The highest BCUT2D eigenvalue weighted by Crippen LogP contribution is 2.35. The largest absolute Gasteiger partial charge is 0.408 e. The normalized spacial score (nSPS) is 17.1.